The van der Waals surface area contributed by atoms with E-state index in [0.29, 0.717) is 6.42 Å². The number of ether oxygens (including phenoxy) is 2. The molecule has 3 rings (SSSR count). The molecule has 0 aromatic rings. The molecule has 0 saturated carbocycles. The van der Waals surface area contributed by atoms with Crippen LogP contribution in [0.2, 0.25) is 0 Å². The van der Waals surface area contributed by atoms with Gasteiger partial charge < -0.3 is 9.47 Å². The van der Waals surface area contributed by atoms with Gasteiger partial charge in [-0.2, -0.15) is 0 Å². The van der Waals surface area contributed by atoms with Gasteiger partial charge in [-0.15, -0.1) is 0 Å². The van der Waals surface area contributed by atoms with Gasteiger partial charge in [-0.05, 0) is 51.1 Å². The number of halogens is 1. The highest BCUT2D eigenvalue weighted by atomic mass is 79.9. The summed E-state index contributed by atoms with van der Waals surface area (Å²) in [5.41, 5.74) is 1.33. The maximum absolute atomic E-state index is 12.4. The van der Waals surface area contributed by atoms with E-state index in [4.69, 9.17) is 9.47 Å². The van der Waals surface area contributed by atoms with Gasteiger partial charge in [0.05, 0.1) is 24.0 Å². The maximum Gasteiger partial charge on any atom is 0.166 e. The fraction of sp³-hybridized carbons (Fsp3) is 0.688. The van der Waals surface area contributed by atoms with Gasteiger partial charge in [0.1, 0.15) is 11.4 Å². The molecular weight excluding hydrogens is 320 g/mol. The predicted octanol–water partition coefficient (Wildman–Crippen LogP) is 3.87. The lowest BCUT2D eigenvalue weighted by Crippen LogP contribution is -2.40. The lowest BCUT2D eigenvalue weighted by Gasteiger charge is -2.39. The summed E-state index contributed by atoms with van der Waals surface area (Å²) in [6.07, 6.45) is 2.26. The van der Waals surface area contributed by atoms with Gasteiger partial charge in [0, 0.05) is 5.57 Å². The second-order valence-electron chi connectivity index (χ2n) is 7.05. The molecule has 0 amide bonds. The minimum atomic E-state index is -0.415. The summed E-state index contributed by atoms with van der Waals surface area (Å²) in [6, 6.07) is 0. The number of hydrogen-bond acceptors (Lipinski definition) is 3. The third kappa shape index (κ3) is 2.08. The fourth-order valence-corrected chi connectivity index (χ4v) is 4.49. The highest BCUT2D eigenvalue weighted by Gasteiger charge is 2.52. The quantitative estimate of drug-likeness (QED) is 0.671. The standard InChI is InChI=1S/C16H21BrO3/c1-15(2)7-11(18)9-5-6-12-13(14(9)20-15)10(8-17)16(3,4)19-12/h8,12-13H,5-7H2,1-4H3/b10-8+/t12-,13-/m0/s1. The number of ketones is 1. The number of carbonyl (C=O) groups is 1. The Morgan fingerprint density at radius 1 is 1.30 bits per heavy atom. The summed E-state index contributed by atoms with van der Waals surface area (Å²) < 4.78 is 12.4. The van der Waals surface area contributed by atoms with Crippen molar-refractivity contribution < 1.29 is 14.3 Å². The number of carbonyl (C=O) groups excluding carboxylic acids is 1. The molecule has 2 heterocycles. The van der Waals surface area contributed by atoms with Crippen molar-refractivity contribution in [1.82, 2.24) is 0 Å². The van der Waals surface area contributed by atoms with Crippen molar-refractivity contribution in [2.75, 3.05) is 0 Å². The van der Waals surface area contributed by atoms with Gasteiger partial charge in [-0.25, -0.2) is 0 Å². The van der Waals surface area contributed by atoms with Crippen LogP contribution >= 0.6 is 15.9 Å². The van der Waals surface area contributed by atoms with Crippen LogP contribution < -0.4 is 0 Å². The molecule has 0 N–H and O–H groups in total. The Morgan fingerprint density at radius 2 is 2.00 bits per heavy atom. The van der Waals surface area contributed by atoms with Crippen molar-refractivity contribution in [3.63, 3.8) is 0 Å². The Hall–Kier alpha value is -0.610. The van der Waals surface area contributed by atoms with Crippen molar-refractivity contribution in [3.05, 3.63) is 21.9 Å². The molecule has 0 unspecified atom stereocenters. The van der Waals surface area contributed by atoms with E-state index in [1.54, 1.807) is 0 Å². The lowest BCUT2D eigenvalue weighted by molar-refractivity contribution is -0.125. The Balaban J connectivity index is 2.09. The zero-order valence-corrected chi connectivity index (χ0v) is 14.0. The smallest absolute Gasteiger partial charge is 0.166 e. The highest BCUT2D eigenvalue weighted by Crippen LogP contribution is 2.52. The largest absolute Gasteiger partial charge is 0.491 e. The van der Waals surface area contributed by atoms with Gasteiger partial charge in [-0.1, -0.05) is 15.9 Å². The van der Waals surface area contributed by atoms with E-state index in [1.807, 2.05) is 18.8 Å². The number of hydrogen-bond donors (Lipinski definition) is 0. The second-order valence-corrected chi connectivity index (χ2v) is 7.51. The number of Topliss-reactive ketones (excluding diaryl/α,β-unsaturated/α-hetero) is 1. The van der Waals surface area contributed by atoms with Gasteiger partial charge in [0.2, 0.25) is 0 Å². The van der Waals surface area contributed by atoms with Gasteiger partial charge in [0.25, 0.3) is 0 Å². The maximum atomic E-state index is 12.4. The molecular formula is C16H21BrO3. The van der Waals surface area contributed by atoms with Gasteiger partial charge >= 0.3 is 0 Å². The van der Waals surface area contributed by atoms with Crippen molar-refractivity contribution in [3.8, 4) is 0 Å². The first-order valence-corrected chi connectivity index (χ1v) is 8.10. The first kappa shape index (κ1) is 14.3. The van der Waals surface area contributed by atoms with Crippen molar-refractivity contribution in [2.45, 2.75) is 64.3 Å². The average molecular weight is 341 g/mol. The van der Waals surface area contributed by atoms with E-state index in [9.17, 15) is 4.79 Å². The van der Waals surface area contributed by atoms with E-state index in [1.165, 1.54) is 5.57 Å². The normalized spacial score (nSPS) is 36.6. The molecule has 1 fully saturated rings. The molecule has 0 bridgehead atoms. The zero-order chi connectivity index (χ0) is 14.7. The topological polar surface area (TPSA) is 35.5 Å². The summed E-state index contributed by atoms with van der Waals surface area (Å²) in [7, 11) is 0. The van der Waals surface area contributed by atoms with Crippen molar-refractivity contribution in [2.24, 2.45) is 5.92 Å². The minimum absolute atomic E-state index is 0.0802. The summed E-state index contributed by atoms with van der Waals surface area (Å²) in [4.78, 5) is 14.3. The molecule has 0 spiro atoms. The molecule has 0 aromatic carbocycles. The molecule has 3 nitrogen and oxygen atoms in total. The average Bonchev–Trinajstić information content (AvgIpc) is 2.57. The molecule has 0 radical (unpaired) electrons. The summed E-state index contributed by atoms with van der Waals surface area (Å²) >= 11 is 3.47. The Labute approximate surface area is 128 Å². The molecule has 2 aliphatic heterocycles. The first-order chi connectivity index (χ1) is 9.25. The number of allylic oxidation sites excluding steroid dienone is 1. The lowest BCUT2D eigenvalue weighted by atomic mass is 9.76. The number of fused-ring (bicyclic) bond motifs is 2. The monoisotopic (exact) mass is 340 g/mol. The van der Waals surface area contributed by atoms with E-state index in [0.717, 1.165) is 24.2 Å². The Morgan fingerprint density at radius 3 is 2.65 bits per heavy atom. The van der Waals surface area contributed by atoms with Gasteiger partial charge in [-0.3, -0.25) is 4.79 Å². The number of rotatable bonds is 0. The van der Waals surface area contributed by atoms with Crippen LogP contribution in [-0.4, -0.2) is 23.1 Å². The van der Waals surface area contributed by atoms with Crippen LogP contribution in [0.1, 0.15) is 47.0 Å². The third-order valence-corrected chi connectivity index (χ3v) is 5.03. The first-order valence-electron chi connectivity index (χ1n) is 7.19. The zero-order valence-electron chi connectivity index (χ0n) is 12.5. The van der Waals surface area contributed by atoms with Crippen LogP contribution in [0.15, 0.2) is 21.9 Å². The molecule has 1 aliphatic carbocycles. The highest BCUT2D eigenvalue weighted by molar-refractivity contribution is 9.11. The van der Waals surface area contributed by atoms with Crippen LogP contribution in [0.5, 0.6) is 0 Å². The van der Waals surface area contributed by atoms with E-state index in [2.05, 4.69) is 29.8 Å². The third-order valence-electron chi connectivity index (χ3n) is 4.53. The van der Waals surface area contributed by atoms with Crippen molar-refractivity contribution >= 4 is 21.7 Å². The molecule has 3 aliphatic rings. The van der Waals surface area contributed by atoms with Crippen LogP contribution in [0.3, 0.4) is 0 Å². The predicted molar refractivity (Wildman–Crippen MR) is 80.5 cm³/mol. The minimum Gasteiger partial charge on any atom is -0.491 e. The van der Waals surface area contributed by atoms with Crippen LogP contribution in [-0.2, 0) is 14.3 Å². The molecule has 2 atom stereocenters. The van der Waals surface area contributed by atoms with E-state index >= 15 is 0 Å². The van der Waals surface area contributed by atoms with Gasteiger partial charge in [0.15, 0.2) is 5.78 Å². The fourth-order valence-electron chi connectivity index (χ4n) is 3.65. The summed E-state index contributed by atoms with van der Waals surface area (Å²) in [5, 5.41) is 0. The van der Waals surface area contributed by atoms with Crippen LogP contribution in [0.25, 0.3) is 0 Å². The Kier molecular flexibility index (Phi) is 3.18. The van der Waals surface area contributed by atoms with E-state index < -0.39 is 5.60 Å². The molecule has 20 heavy (non-hydrogen) atoms. The molecule has 0 aromatic heterocycles. The van der Waals surface area contributed by atoms with Crippen molar-refractivity contribution in [1.29, 1.82) is 0 Å². The Bertz CT molecular complexity index is 528. The van der Waals surface area contributed by atoms with Crippen LogP contribution in [0, 0.1) is 5.92 Å². The summed E-state index contributed by atoms with van der Waals surface area (Å²) in [6.45, 7) is 8.12. The SMILES string of the molecule is CC1(C)CC(=O)C2=C(O1)[C@H]1/C(=C\Br)C(C)(C)O[C@H]1CC2. The summed E-state index contributed by atoms with van der Waals surface area (Å²) in [5.74, 6) is 1.18. The second kappa shape index (κ2) is 4.44. The molecule has 1 saturated heterocycles. The van der Waals surface area contributed by atoms with E-state index in [-0.39, 0.29) is 23.4 Å². The van der Waals surface area contributed by atoms with Crippen LogP contribution in [0.4, 0.5) is 0 Å². The molecule has 4 heteroatoms. The molecule has 110 valence electrons.